The van der Waals surface area contributed by atoms with Gasteiger partial charge >= 0.3 is 0 Å². The summed E-state index contributed by atoms with van der Waals surface area (Å²) in [7, 11) is 0. The Morgan fingerprint density at radius 1 is 1.53 bits per heavy atom. The molecule has 0 aliphatic carbocycles. The van der Waals surface area contributed by atoms with Gasteiger partial charge in [-0.3, -0.25) is 10.8 Å². The molecule has 88 valence electrons. The zero-order chi connectivity index (χ0) is 12.8. The third-order valence-corrected chi connectivity index (χ3v) is 2.05. The largest absolute Gasteiger partial charge is 0.389 e. The van der Waals surface area contributed by atoms with Crippen molar-refractivity contribution in [3.63, 3.8) is 0 Å². The molecule has 0 bridgehead atoms. The van der Waals surface area contributed by atoms with Crippen molar-refractivity contribution in [2.24, 2.45) is 10.8 Å². The molecule has 6 heteroatoms. The molecule has 17 heavy (non-hydrogen) atoms. The number of amidine groups is 1. The summed E-state index contributed by atoms with van der Waals surface area (Å²) in [6.45, 7) is 1.67. The number of anilines is 1. The summed E-state index contributed by atoms with van der Waals surface area (Å²) in [6, 6.07) is 8.59. The first-order chi connectivity index (χ1) is 8.04. The molecule has 1 aromatic rings. The van der Waals surface area contributed by atoms with Gasteiger partial charge in [-0.25, -0.2) is 0 Å². The lowest BCUT2D eigenvalue weighted by Crippen LogP contribution is -2.21. The van der Waals surface area contributed by atoms with Crippen molar-refractivity contribution in [1.82, 2.24) is 0 Å². The lowest BCUT2D eigenvalue weighted by molar-refractivity contribution is 0.199. The van der Waals surface area contributed by atoms with E-state index in [1.807, 2.05) is 0 Å². The van der Waals surface area contributed by atoms with Gasteiger partial charge in [0.05, 0.1) is 11.8 Å². The number of hydrogen-bond donors (Lipinski definition) is 4. The minimum absolute atomic E-state index is 0.176. The van der Waals surface area contributed by atoms with Crippen molar-refractivity contribution in [3.05, 3.63) is 29.8 Å². The monoisotopic (exact) mass is 231 g/mol. The van der Waals surface area contributed by atoms with Crippen LogP contribution in [0.5, 0.6) is 0 Å². The molecule has 1 rings (SSSR count). The molecule has 0 aliphatic rings. The number of nitrogens with one attached hydrogen (secondary N) is 2. The molecule has 1 unspecified atom stereocenters. The Labute approximate surface area is 98.9 Å². The SMILES string of the molecule is CC(O)c1ccc(N/N=C(\C#N)C(=N)N)cc1. The highest BCUT2D eigenvalue weighted by Gasteiger charge is 2.02. The molecule has 0 heterocycles. The summed E-state index contributed by atoms with van der Waals surface area (Å²) < 4.78 is 0. The second-order valence-corrected chi connectivity index (χ2v) is 3.40. The van der Waals surface area contributed by atoms with Gasteiger partial charge in [0.1, 0.15) is 6.07 Å². The fraction of sp³-hybridized carbons (Fsp3) is 0.182. The Balaban J connectivity index is 2.77. The Morgan fingerprint density at radius 2 is 2.12 bits per heavy atom. The molecule has 0 saturated carbocycles. The number of nitrogens with zero attached hydrogens (tertiary/aromatic N) is 2. The van der Waals surface area contributed by atoms with Crippen molar-refractivity contribution < 1.29 is 5.11 Å². The molecular formula is C11H13N5O. The van der Waals surface area contributed by atoms with Crippen LogP contribution in [0.2, 0.25) is 0 Å². The van der Waals surface area contributed by atoms with Gasteiger partial charge in [0.15, 0.2) is 5.84 Å². The van der Waals surface area contributed by atoms with Crippen molar-refractivity contribution in [3.8, 4) is 6.07 Å². The summed E-state index contributed by atoms with van der Waals surface area (Å²) in [6.07, 6.45) is -0.528. The maximum Gasteiger partial charge on any atom is 0.201 e. The normalized spacial score (nSPS) is 12.6. The molecule has 0 radical (unpaired) electrons. The fourth-order valence-electron chi connectivity index (χ4n) is 1.10. The first-order valence-corrected chi connectivity index (χ1v) is 4.91. The zero-order valence-electron chi connectivity index (χ0n) is 9.31. The van der Waals surface area contributed by atoms with Crippen LogP contribution in [0.1, 0.15) is 18.6 Å². The van der Waals surface area contributed by atoms with E-state index in [-0.39, 0.29) is 11.5 Å². The van der Waals surface area contributed by atoms with Crippen LogP contribution in [0.4, 0.5) is 5.69 Å². The Kier molecular flexibility index (Phi) is 4.20. The standard InChI is InChI=1S/C11H13N5O/c1-7(17)8-2-4-9(5-3-8)15-16-10(6-12)11(13)14/h2-5,7,15,17H,1H3,(H3,13,14)/b16-10+. The van der Waals surface area contributed by atoms with E-state index in [2.05, 4.69) is 10.5 Å². The number of nitriles is 1. The molecule has 0 saturated heterocycles. The number of rotatable bonds is 4. The average Bonchev–Trinajstić information content (AvgIpc) is 2.30. The highest BCUT2D eigenvalue weighted by atomic mass is 16.3. The van der Waals surface area contributed by atoms with Gasteiger partial charge in [-0.1, -0.05) is 12.1 Å². The first-order valence-electron chi connectivity index (χ1n) is 4.91. The summed E-state index contributed by atoms with van der Waals surface area (Å²) >= 11 is 0. The Morgan fingerprint density at radius 3 is 2.53 bits per heavy atom. The van der Waals surface area contributed by atoms with Crippen molar-refractivity contribution in [1.29, 1.82) is 10.7 Å². The third-order valence-electron chi connectivity index (χ3n) is 2.05. The maximum atomic E-state index is 9.31. The number of nitrogens with two attached hydrogens (primary N) is 1. The van der Waals surface area contributed by atoms with E-state index in [0.717, 1.165) is 5.56 Å². The van der Waals surface area contributed by atoms with Gasteiger partial charge in [0.25, 0.3) is 0 Å². The predicted octanol–water partition coefficient (Wildman–Crippen LogP) is 0.967. The van der Waals surface area contributed by atoms with Crippen LogP contribution in [-0.4, -0.2) is 16.7 Å². The van der Waals surface area contributed by atoms with E-state index in [1.165, 1.54) is 0 Å². The van der Waals surface area contributed by atoms with Gasteiger partial charge in [0.2, 0.25) is 5.71 Å². The van der Waals surface area contributed by atoms with E-state index < -0.39 is 6.10 Å². The molecule has 0 fully saturated rings. The maximum absolute atomic E-state index is 9.31. The molecule has 0 aliphatic heterocycles. The van der Waals surface area contributed by atoms with Gasteiger partial charge in [-0.15, -0.1) is 0 Å². The van der Waals surface area contributed by atoms with Crippen LogP contribution < -0.4 is 11.2 Å². The topological polar surface area (TPSA) is 118 Å². The lowest BCUT2D eigenvalue weighted by Gasteiger charge is -2.05. The second-order valence-electron chi connectivity index (χ2n) is 3.40. The van der Waals surface area contributed by atoms with Gasteiger partial charge in [-0.2, -0.15) is 10.4 Å². The molecule has 5 N–H and O–H groups in total. The summed E-state index contributed by atoms with van der Waals surface area (Å²) in [5.74, 6) is -0.388. The molecule has 1 aromatic carbocycles. The second kappa shape index (κ2) is 5.63. The highest BCUT2D eigenvalue weighted by molar-refractivity contribution is 6.45. The number of aliphatic hydroxyl groups excluding tert-OH is 1. The summed E-state index contributed by atoms with van der Waals surface area (Å²) in [5.41, 5.74) is 8.99. The van der Waals surface area contributed by atoms with E-state index in [1.54, 1.807) is 37.3 Å². The third kappa shape index (κ3) is 3.59. The van der Waals surface area contributed by atoms with E-state index in [0.29, 0.717) is 5.69 Å². The average molecular weight is 231 g/mol. The number of hydrazone groups is 1. The first kappa shape index (κ1) is 12.7. The smallest absolute Gasteiger partial charge is 0.201 e. The van der Waals surface area contributed by atoms with Crippen LogP contribution in [0.3, 0.4) is 0 Å². The molecular weight excluding hydrogens is 218 g/mol. The number of aliphatic hydroxyl groups is 1. The van der Waals surface area contributed by atoms with Crippen LogP contribution in [0.15, 0.2) is 29.4 Å². The molecule has 1 atom stereocenters. The summed E-state index contributed by atoms with van der Waals surface area (Å²) in [5, 5.41) is 28.7. The van der Waals surface area contributed by atoms with E-state index >= 15 is 0 Å². The van der Waals surface area contributed by atoms with Crippen LogP contribution in [0.25, 0.3) is 0 Å². The zero-order valence-corrected chi connectivity index (χ0v) is 9.31. The lowest BCUT2D eigenvalue weighted by atomic mass is 10.1. The van der Waals surface area contributed by atoms with Gasteiger partial charge in [0, 0.05) is 0 Å². The van der Waals surface area contributed by atoms with E-state index in [9.17, 15) is 5.11 Å². The van der Waals surface area contributed by atoms with Crippen molar-refractivity contribution >= 4 is 17.2 Å². The molecule has 0 aromatic heterocycles. The Bertz CT molecular complexity index is 470. The minimum Gasteiger partial charge on any atom is -0.389 e. The molecule has 6 nitrogen and oxygen atoms in total. The van der Waals surface area contributed by atoms with Crippen molar-refractivity contribution in [2.45, 2.75) is 13.0 Å². The minimum atomic E-state index is -0.528. The van der Waals surface area contributed by atoms with Crippen LogP contribution in [0, 0.1) is 16.7 Å². The quantitative estimate of drug-likeness (QED) is 0.350. The van der Waals surface area contributed by atoms with Gasteiger partial charge in [-0.05, 0) is 24.6 Å². The Hall–Kier alpha value is -2.39. The highest BCUT2D eigenvalue weighted by Crippen LogP contribution is 2.15. The molecule has 0 amide bonds. The van der Waals surface area contributed by atoms with Crippen LogP contribution in [-0.2, 0) is 0 Å². The predicted molar refractivity (Wildman–Crippen MR) is 65.7 cm³/mol. The van der Waals surface area contributed by atoms with Crippen molar-refractivity contribution in [2.75, 3.05) is 5.43 Å². The van der Waals surface area contributed by atoms with E-state index in [4.69, 9.17) is 16.4 Å². The van der Waals surface area contributed by atoms with Gasteiger partial charge < -0.3 is 10.8 Å². The van der Waals surface area contributed by atoms with Crippen LogP contribution >= 0.6 is 0 Å². The summed E-state index contributed by atoms with van der Waals surface area (Å²) in [4.78, 5) is 0. The molecule has 0 spiro atoms. The fourth-order valence-corrected chi connectivity index (χ4v) is 1.10. The number of hydrogen-bond acceptors (Lipinski definition) is 5. The number of benzene rings is 1.